The number of aromatic amines is 1. The molecule has 0 aliphatic carbocycles. The van der Waals surface area contributed by atoms with Crippen molar-refractivity contribution in [3.05, 3.63) is 46.0 Å². The van der Waals surface area contributed by atoms with E-state index in [2.05, 4.69) is 20.0 Å². The fraction of sp³-hybridized carbons (Fsp3) is 0.250. The summed E-state index contributed by atoms with van der Waals surface area (Å²) in [5, 5.41) is 3.44. The number of hydrogen-bond acceptors (Lipinski definition) is 4. The monoisotopic (exact) mass is 348 g/mol. The summed E-state index contributed by atoms with van der Waals surface area (Å²) < 4.78 is 27.1. The first kappa shape index (κ1) is 16.3. The predicted octanol–water partition coefficient (Wildman–Crippen LogP) is 1.91. The maximum absolute atomic E-state index is 12.3. The number of nitrogens with zero attached hydrogens (tertiary/aromatic N) is 1. The summed E-state index contributed by atoms with van der Waals surface area (Å²) in [6, 6.07) is 2.91. The number of imidazole rings is 1. The van der Waals surface area contributed by atoms with Crippen molar-refractivity contribution in [2.24, 2.45) is 0 Å². The largest absolute Gasteiger partial charge is 0.347 e. The second-order valence-corrected chi connectivity index (χ2v) is 6.79. The van der Waals surface area contributed by atoms with Gasteiger partial charge >= 0.3 is 0 Å². The van der Waals surface area contributed by atoms with Crippen LogP contribution in [0.2, 0.25) is 10.0 Å². The molecule has 3 N–H and O–H groups in total. The number of nitrogens with one attached hydrogen (secondary N) is 3. The molecule has 0 aliphatic heterocycles. The second kappa shape index (κ2) is 6.76. The molecule has 0 radical (unpaired) electrons. The maximum atomic E-state index is 12.3. The lowest BCUT2D eigenvalue weighted by Crippen LogP contribution is -2.24. The fourth-order valence-electron chi connectivity index (χ4n) is 1.75. The lowest BCUT2D eigenvalue weighted by Gasteiger charge is -2.12. The number of halogens is 2. The van der Waals surface area contributed by atoms with Gasteiger partial charge in [0.15, 0.2) is 0 Å². The minimum atomic E-state index is -3.74. The molecule has 0 aliphatic rings. The molecule has 0 saturated heterocycles. The molecule has 1 aromatic heterocycles. The smallest absolute Gasteiger partial charge is 0.242 e. The Bertz CT molecular complexity index is 717. The molecule has 2 aromatic rings. The van der Waals surface area contributed by atoms with Crippen molar-refractivity contribution in [1.82, 2.24) is 20.0 Å². The zero-order valence-electron chi connectivity index (χ0n) is 11.2. The first-order valence-electron chi connectivity index (χ1n) is 6.04. The van der Waals surface area contributed by atoms with E-state index in [0.717, 1.165) is 0 Å². The van der Waals surface area contributed by atoms with Crippen LogP contribution >= 0.6 is 23.2 Å². The van der Waals surface area contributed by atoms with Crippen LogP contribution in [0.5, 0.6) is 0 Å². The van der Waals surface area contributed by atoms with E-state index in [1.165, 1.54) is 18.5 Å². The number of rotatable bonds is 6. The first-order valence-corrected chi connectivity index (χ1v) is 8.28. The van der Waals surface area contributed by atoms with E-state index in [-0.39, 0.29) is 16.5 Å². The van der Waals surface area contributed by atoms with E-state index >= 15 is 0 Å². The van der Waals surface area contributed by atoms with Gasteiger partial charge in [-0.2, -0.15) is 0 Å². The van der Waals surface area contributed by atoms with Crippen molar-refractivity contribution in [2.45, 2.75) is 18.0 Å². The molecule has 0 bridgehead atoms. The number of H-pyrrole nitrogens is 1. The van der Waals surface area contributed by atoms with Gasteiger partial charge in [-0.15, -0.1) is 0 Å². The van der Waals surface area contributed by atoms with Crippen molar-refractivity contribution in [1.29, 1.82) is 0 Å². The van der Waals surface area contributed by atoms with Crippen LogP contribution in [-0.4, -0.2) is 25.4 Å². The summed E-state index contributed by atoms with van der Waals surface area (Å²) in [6.45, 7) is 0.476. The number of benzene rings is 1. The molecule has 0 unspecified atom stereocenters. The van der Waals surface area contributed by atoms with Crippen LogP contribution in [0.1, 0.15) is 11.3 Å². The normalized spacial score (nSPS) is 11.8. The molecular weight excluding hydrogens is 335 g/mol. The zero-order chi connectivity index (χ0) is 15.5. The molecule has 0 atom stereocenters. The van der Waals surface area contributed by atoms with Crippen molar-refractivity contribution in [3.63, 3.8) is 0 Å². The Morgan fingerprint density at radius 3 is 2.67 bits per heavy atom. The summed E-state index contributed by atoms with van der Waals surface area (Å²) in [5.41, 5.74) is 1.20. The molecule has 0 amide bonds. The average molecular weight is 349 g/mol. The van der Waals surface area contributed by atoms with Crippen LogP contribution in [0.3, 0.4) is 0 Å². The van der Waals surface area contributed by atoms with Crippen LogP contribution in [0.25, 0.3) is 0 Å². The second-order valence-electron chi connectivity index (χ2n) is 4.27. The van der Waals surface area contributed by atoms with E-state index in [1.807, 2.05) is 0 Å². The van der Waals surface area contributed by atoms with Gasteiger partial charge in [0, 0.05) is 29.0 Å². The molecule has 0 saturated carbocycles. The highest BCUT2D eigenvalue weighted by Gasteiger charge is 2.21. The van der Waals surface area contributed by atoms with Gasteiger partial charge in [-0.05, 0) is 19.2 Å². The average Bonchev–Trinajstić information content (AvgIpc) is 2.94. The third-order valence-electron chi connectivity index (χ3n) is 2.80. The van der Waals surface area contributed by atoms with E-state index in [9.17, 15) is 8.42 Å². The Morgan fingerprint density at radius 2 is 2.05 bits per heavy atom. The highest BCUT2D eigenvalue weighted by Crippen LogP contribution is 2.31. The number of hydrogen-bond donors (Lipinski definition) is 3. The molecule has 9 heteroatoms. The molecule has 114 valence electrons. The summed E-state index contributed by atoms with van der Waals surface area (Å²) in [7, 11) is -2.01. The molecule has 2 rings (SSSR count). The van der Waals surface area contributed by atoms with Crippen LogP contribution < -0.4 is 10.0 Å². The van der Waals surface area contributed by atoms with Gasteiger partial charge in [0.25, 0.3) is 0 Å². The van der Waals surface area contributed by atoms with Crippen molar-refractivity contribution in [3.8, 4) is 0 Å². The van der Waals surface area contributed by atoms with Gasteiger partial charge in [0.1, 0.15) is 4.90 Å². The van der Waals surface area contributed by atoms with Crippen LogP contribution in [0.15, 0.2) is 29.6 Å². The first-order chi connectivity index (χ1) is 9.95. The molecule has 1 aromatic carbocycles. The Labute approximate surface area is 132 Å². The Morgan fingerprint density at radius 1 is 1.29 bits per heavy atom. The van der Waals surface area contributed by atoms with Gasteiger partial charge in [-0.1, -0.05) is 23.2 Å². The Hall–Kier alpha value is -1.12. The minimum absolute atomic E-state index is 0.00154. The van der Waals surface area contributed by atoms with Crippen molar-refractivity contribution >= 4 is 33.2 Å². The lowest BCUT2D eigenvalue weighted by atomic mass is 10.2. The summed E-state index contributed by atoms with van der Waals surface area (Å²) in [6.07, 6.45) is 3.02. The Balaban J connectivity index is 2.29. The van der Waals surface area contributed by atoms with Gasteiger partial charge < -0.3 is 10.3 Å². The van der Waals surface area contributed by atoms with Gasteiger partial charge in [0.2, 0.25) is 10.0 Å². The third kappa shape index (κ3) is 3.75. The summed E-state index contributed by atoms with van der Waals surface area (Å²) in [5.74, 6) is 0. The molecule has 1 heterocycles. The summed E-state index contributed by atoms with van der Waals surface area (Å²) >= 11 is 12.2. The van der Waals surface area contributed by atoms with Crippen molar-refractivity contribution < 1.29 is 8.42 Å². The van der Waals surface area contributed by atoms with Crippen LogP contribution in [0.4, 0.5) is 0 Å². The summed E-state index contributed by atoms with van der Waals surface area (Å²) in [4.78, 5) is 6.63. The van der Waals surface area contributed by atoms with E-state index in [4.69, 9.17) is 23.2 Å². The predicted molar refractivity (Wildman–Crippen MR) is 81.8 cm³/mol. The highest BCUT2D eigenvalue weighted by molar-refractivity contribution is 7.89. The third-order valence-corrected chi connectivity index (χ3v) is 5.14. The van der Waals surface area contributed by atoms with Gasteiger partial charge in [0.05, 0.1) is 17.9 Å². The standard InChI is InChI=1S/C12H14Cl2N4O2S/c1-15-6-9-10(13)2-3-11(12(9)14)21(19,20)18-5-8-4-16-7-17-8/h2-4,7,15,18H,5-6H2,1H3,(H,16,17). The van der Waals surface area contributed by atoms with Crippen molar-refractivity contribution in [2.75, 3.05) is 7.05 Å². The molecule has 6 nitrogen and oxygen atoms in total. The quantitative estimate of drug-likeness (QED) is 0.744. The fourth-order valence-corrected chi connectivity index (χ4v) is 3.67. The van der Waals surface area contributed by atoms with E-state index < -0.39 is 10.0 Å². The minimum Gasteiger partial charge on any atom is -0.347 e. The Kier molecular flexibility index (Phi) is 5.23. The topological polar surface area (TPSA) is 86.9 Å². The maximum Gasteiger partial charge on any atom is 0.242 e. The zero-order valence-corrected chi connectivity index (χ0v) is 13.5. The number of sulfonamides is 1. The molecule has 0 spiro atoms. The van der Waals surface area contributed by atoms with E-state index in [1.54, 1.807) is 13.2 Å². The van der Waals surface area contributed by atoms with Gasteiger partial charge in [-0.25, -0.2) is 18.1 Å². The highest BCUT2D eigenvalue weighted by atomic mass is 35.5. The van der Waals surface area contributed by atoms with E-state index in [0.29, 0.717) is 22.8 Å². The molecule has 21 heavy (non-hydrogen) atoms. The molecule has 0 fully saturated rings. The molecular formula is C12H14Cl2N4O2S. The van der Waals surface area contributed by atoms with Crippen LogP contribution in [0, 0.1) is 0 Å². The van der Waals surface area contributed by atoms with Gasteiger partial charge in [-0.3, -0.25) is 0 Å². The number of aromatic nitrogens is 2. The lowest BCUT2D eigenvalue weighted by molar-refractivity contribution is 0.580. The van der Waals surface area contributed by atoms with Crippen LogP contribution in [-0.2, 0) is 23.1 Å². The SMILES string of the molecule is CNCc1c(Cl)ccc(S(=O)(=O)NCc2cnc[nH]2)c1Cl.